The van der Waals surface area contributed by atoms with Crippen LogP contribution in [0.25, 0.3) is 0 Å². The Kier molecular flexibility index (Phi) is 4.14. The summed E-state index contributed by atoms with van der Waals surface area (Å²) in [5.74, 6) is -1.82. The molecule has 20 heavy (non-hydrogen) atoms. The molecule has 0 bridgehead atoms. The van der Waals surface area contributed by atoms with Gasteiger partial charge >= 0.3 is 0 Å². The first-order valence-corrected chi connectivity index (χ1v) is 6.33. The largest absolute Gasteiger partial charge is 0.309 e. The van der Waals surface area contributed by atoms with Crippen molar-refractivity contribution < 1.29 is 13.2 Å². The van der Waals surface area contributed by atoms with Gasteiger partial charge in [0.1, 0.15) is 17.5 Å². The number of hydrogen-bond donors (Lipinski definition) is 1. The van der Waals surface area contributed by atoms with Crippen LogP contribution in [0.1, 0.15) is 28.3 Å². The summed E-state index contributed by atoms with van der Waals surface area (Å²) in [6, 6.07) is 6.32. The third-order valence-electron chi connectivity index (χ3n) is 3.36. The summed E-state index contributed by atoms with van der Waals surface area (Å²) in [6.07, 6.45) is 0. The van der Waals surface area contributed by atoms with Gasteiger partial charge in [-0.3, -0.25) is 0 Å². The molecule has 4 heteroatoms. The molecule has 0 heterocycles. The summed E-state index contributed by atoms with van der Waals surface area (Å²) in [5.41, 5.74) is 1.15. The van der Waals surface area contributed by atoms with E-state index in [2.05, 4.69) is 5.32 Å². The van der Waals surface area contributed by atoms with Crippen LogP contribution in [0.5, 0.6) is 0 Å². The van der Waals surface area contributed by atoms with Crippen LogP contribution >= 0.6 is 0 Å². The molecule has 0 radical (unpaired) electrons. The first-order chi connectivity index (χ1) is 9.45. The van der Waals surface area contributed by atoms with E-state index < -0.39 is 23.5 Å². The van der Waals surface area contributed by atoms with Crippen LogP contribution in [-0.2, 0) is 0 Å². The maximum Gasteiger partial charge on any atom is 0.134 e. The summed E-state index contributed by atoms with van der Waals surface area (Å²) in [7, 11) is 1.55. The second-order valence-electron chi connectivity index (χ2n) is 4.84. The Morgan fingerprint density at radius 3 is 2.25 bits per heavy atom. The minimum absolute atomic E-state index is 0.157. The van der Waals surface area contributed by atoms with E-state index >= 15 is 0 Å². The van der Waals surface area contributed by atoms with E-state index in [0.717, 1.165) is 5.56 Å². The maximum atomic E-state index is 14.2. The summed E-state index contributed by atoms with van der Waals surface area (Å²) in [5, 5.41) is 2.78. The average Bonchev–Trinajstić information content (AvgIpc) is 2.40. The molecule has 0 amide bonds. The quantitative estimate of drug-likeness (QED) is 0.894. The molecule has 0 saturated carbocycles. The fourth-order valence-electron chi connectivity index (χ4n) is 2.26. The first kappa shape index (κ1) is 14.6. The number of rotatable bonds is 3. The van der Waals surface area contributed by atoms with Crippen molar-refractivity contribution in [2.24, 2.45) is 0 Å². The number of aryl methyl sites for hydroxylation is 2. The highest BCUT2D eigenvalue weighted by Crippen LogP contribution is 2.30. The van der Waals surface area contributed by atoms with Crippen molar-refractivity contribution in [3.8, 4) is 0 Å². The molecule has 0 aliphatic rings. The highest BCUT2D eigenvalue weighted by Gasteiger charge is 2.24. The van der Waals surface area contributed by atoms with E-state index in [1.54, 1.807) is 33.0 Å². The molecule has 1 unspecified atom stereocenters. The summed E-state index contributed by atoms with van der Waals surface area (Å²) >= 11 is 0. The molecule has 2 rings (SSSR count). The summed E-state index contributed by atoms with van der Waals surface area (Å²) in [6.45, 7) is 3.31. The maximum absolute atomic E-state index is 14.2. The lowest BCUT2D eigenvalue weighted by atomic mass is 9.95. The molecule has 0 aromatic heterocycles. The van der Waals surface area contributed by atoms with Gasteiger partial charge in [0.05, 0.1) is 6.04 Å². The van der Waals surface area contributed by atoms with E-state index in [-0.39, 0.29) is 11.1 Å². The highest BCUT2D eigenvalue weighted by atomic mass is 19.1. The van der Waals surface area contributed by atoms with Gasteiger partial charge in [0.25, 0.3) is 0 Å². The second kappa shape index (κ2) is 5.67. The predicted molar refractivity (Wildman–Crippen MR) is 73.1 cm³/mol. The van der Waals surface area contributed by atoms with Crippen LogP contribution < -0.4 is 5.32 Å². The average molecular weight is 279 g/mol. The number of benzene rings is 2. The number of hydrogen-bond acceptors (Lipinski definition) is 1. The second-order valence-corrected chi connectivity index (χ2v) is 4.84. The fourth-order valence-corrected chi connectivity index (χ4v) is 2.26. The van der Waals surface area contributed by atoms with Crippen LogP contribution in [0, 0.1) is 31.3 Å². The SMILES string of the molecule is CNC(c1ccc(C)cc1F)c1c(F)ccc(C)c1F. The molecule has 1 nitrogen and oxygen atoms in total. The molecule has 0 saturated heterocycles. The lowest BCUT2D eigenvalue weighted by molar-refractivity contribution is 0.504. The molecular formula is C16H16F3N. The van der Waals surface area contributed by atoms with Gasteiger partial charge in [0, 0.05) is 11.1 Å². The Morgan fingerprint density at radius 1 is 0.950 bits per heavy atom. The number of halogens is 3. The lowest BCUT2D eigenvalue weighted by Gasteiger charge is -2.20. The van der Waals surface area contributed by atoms with Gasteiger partial charge in [0.2, 0.25) is 0 Å². The molecule has 0 aliphatic carbocycles. The van der Waals surface area contributed by atoms with Crippen molar-refractivity contribution in [1.82, 2.24) is 5.32 Å². The van der Waals surface area contributed by atoms with Crippen molar-refractivity contribution in [1.29, 1.82) is 0 Å². The van der Waals surface area contributed by atoms with Crippen molar-refractivity contribution in [3.63, 3.8) is 0 Å². The number of nitrogens with one attached hydrogen (secondary N) is 1. The van der Waals surface area contributed by atoms with Crippen LogP contribution in [0.2, 0.25) is 0 Å². The van der Waals surface area contributed by atoms with Crippen molar-refractivity contribution in [3.05, 3.63) is 70.0 Å². The predicted octanol–water partition coefficient (Wildman–Crippen LogP) is 4.03. The minimum Gasteiger partial charge on any atom is -0.309 e. The van der Waals surface area contributed by atoms with Crippen LogP contribution in [0.15, 0.2) is 30.3 Å². The Hall–Kier alpha value is -1.81. The van der Waals surface area contributed by atoms with Crippen LogP contribution in [0.3, 0.4) is 0 Å². The van der Waals surface area contributed by atoms with Gasteiger partial charge in [-0.05, 0) is 44.2 Å². The topological polar surface area (TPSA) is 12.0 Å². The molecule has 0 fully saturated rings. The van der Waals surface area contributed by atoms with Crippen LogP contribution in [-0.4, -0.2) is 7.05 Å². The molecule has 2 aromatic carbocycles. The third kappa shape index (κ3) is 2.56. The third-order valence-corrected chi connectivity index (χ3v) is 3.36. The standard InChI is InChI=1S/C16H16F3N/c1-9-4-6-11(13(18)8-9)16(20-3)14-12(17)7-5-10(2)15(14)19/h4-8,16,20H,1-3H3. The first-order valence-electron chi connectivity index (χ1n) is 6.33. The molecule has 2 aromatic rings. The molecule has 106 valence electrons. The van der Waals surface area contributed by atoms with E-state index in [1.165, 1.54) is 18.2 Å². The monoisotopic (exact) mass is 279 g/mol. The zero-order chi connectivity index (χ0) is 14.9. The Balaban J connectivity index is 2.61. The molecule has 0 aliphatic heterocycles. The Bertz CT molecular complexity index is 638. The van der Waals surface area contributed by atoms with Gasteiger partial charge < -0.3 is 5.32 Å². The molecular weight excluding hydrogens is 263 g/mol. The molecule has 1 atom stereocenters. The highest BCUT2D eigenvalue weighted by molar-refractivity contribution is 5.38. The summed E-state index contributed by atoms with van der Waals surface area (Å²) < 4.78 is 42.2. The zero-order valence-electron chi connectivity index (χ0n) is 11.6. The van der Waals surface area contributed by atoms with Crippen molar-refractivity contribution in [2.45, 2.75) is 19.9 Å². The normalized spacial score (nSPS) is 12.5. The van der Waals surface area contributed by atoms with Crippen molar-refractivity contribution in [2.75, 3.05) is 7.05 Å². The van der Waals surface area contributed by atoms with Gasteiger partial charge in [-0.2, -0.15) is 0 Å². The van der Waals surface area contributed by atoms with E-state index in [9.17, 15) is 13.2 Å². The fraction of sp³-hybridized carbons (Fsp3) is 0.250. The Labute approximate surface area is 116 Å². The zero-order valence-corrected chi connectivity index (χ0v) is 11.6. The Morgan fingerprint density at radius 2 is 1.65 bits per heavy atom. The minimum atomic E-state index is -0.865. The lowest BCUT2D eigenvalue weighted by Crippen LogP contribution is -2.22. The van der Waals surface area contributed by atoms with E-state index in [0.29, 0.717) is 5.56 Å². The van der Waals surface area contributed by atoms with E-state index in [1.807, 2.05) is 0 Å². The van der Waals surface area contributed by atoms with Gasteiger partial charge in [-0.1, -0.05) is 18.2 Å². The van der Waals surface area contributed by atoms with Gasteiger partial charge in [-0.25, -0.2) is 13.2 Å². The van der Waals surface area contributed by atoms with Gasteiger partial charge in [-0.15, -0.1) is 0 Å². The summed E-state index contributed by atoms with van der Waals surface area (Å²) in [4.78, 5) is 0. The molecule has 1 N–H and O–H groups in total. The van der Waals surface area contributed by atoms with E-state index in [4.69, 9.17) is 0 Å². The molecule has 0 spiro atoms. The van der Waals surface area contributed by atoms with Crippen molar-refractivity contribution >= 4 is 0 Å². The smallest absolute Gasteiger partial charge is 0.134 e. The van der Waals surface area contributed by atoms with Crippen LogP contribution in [0.4, 0.5) is 13.2 Å². The van der Waals surface area contributed by atoms with Gasteiger partial charge in [0.15, 0.2) is 0 Å².